The van der Waals surface area contributed by atoms with E-state index >= 15 is 0 Å². The number of carboxylic acids is 1. The van der Waals surface area contributed by atoms with Crippen molar-refractivity contribution < 1.29 is 32.9 Å². The lowest BCUT2D eigenvalue weighted by Gasteiger charge is -2.36. The number of aliphatic hydroxyl groups is 1. The predicted octanol–water partition coefficient (Wildman–Crippen LogP) is 6.76. The van der Waals surface area contributed by atoms with Gasteiger partial charge in [0.2, 0.25) is 10.0 Å². The lowest BCUT2D eigenvalue weighted by Crippen LogP contribution is -2.31. The van der Waals surface area contributed by atoms with Crippen LogP contribution in [0.3, 0.4) is 0 Å². The van der Waals surface area contributed by atoms with Gasteiger partial charge in [0, 0.05) is 30.5 Å². The number of hydrogen-bond donors (Lipinski definition) is 3. The Morgan fingerprint density at radius 2 is 1.58 bits per heavy atom. The largest absolute Gasteiger partial charge is 0.478 e. The predicted molar refractivity (Wildman–Crippen MR) is 183 cm³/mol. The molecule has 48 heavy (non-hydrogen) atoms. The first-order valence-corrected chi connectivity index (χ1v) is 17.8. The maximum absolute atomic E-state index is 12.7. The fourth-order valence-electron chi connectivity index (χ4n) is 5.42. The topological polar surface area (TPSA) is 135 Å². The molecule has 0 bridgehead atoms. The van der Waals surface area contributed by atoms with Crippen molar-refractivity contribution in [2.75, 3.05) is 5.75 Å². The molecule has 1 saturated heterocycles. The molecule has 0 amide bonds. The molecule has 6 rings (SSSR count). The summed E-state index contributed by atoms with van der Waals surface area (Å²) in [5.41, 5.74) is 5.43. The van der Waals surface area contributed by atoms with Crippen LogP contribution in [-0.2, 0) is 32.6 Å². The van der Waals surface area contributed by atoms with Crippen molar-refractivity contribution in [1.82, 2.24) is 9.71 Å². The molecule has 0 radical (unpaired) electrons. The maximum Gasteiger partial charge on any atom is 0.338 e. The van der Waals surface area contributed by atoms with Crippen LogP contribution in [0.25, 0.3) is 11.1 Å². The average molecular weight is 683 g/mol. The van der Waals surface area contributed by atoms with Crippen molar-refractivity contribution in [1.29, 1.82) is 0 Å². The Balaban J connectivity index is 1.18. The van der Waals surface area contributed by atoms with Crippen molar-refractivity contribution in [3.05, 3.63) is 149 Å². The van der Waals surface area contributed by atoms with Gasteiger partial charge >= 0.3 is 5.97 Å². The molecule has 9 nitrogen and oxygen atoms in total. The van der Waals surface area contributed by atoms with Crippen molar-refractivity contribution in [2.24, 2.45) is 0 Å². The number of rotatable bonds is 12. The minimum absolute atomic E-state index is 0.0503. The van der Waals surface area contributed by atoms with Crippen LogP contribution in [-0.4, -0.2) is 41.4 Å². The van der Waals surface area contributed by atoms with Gasteiger partial charge in [-0.3, -0.25) is 0 Å². The zero-order valence-electron chi connectivity index (χ0n) is 25.8. The zero-order valence-corrected chi connectivity index (χ0v) is 27.4. The van der Waals surface area contributed by atoms with Crippen molar-refractivity contribution in [3.8, 4) is 11.1 Å². The van der Waals surface area contributed by atoms with Crippen LogP contribution in [0.4, 0.5) is 0 Å². The first-order valence-electron chi connectivity index (χ1n) is 15.3. The normalized spacial score (nSPS) is 18.0. The number of aromatic carboxylic acids is 1. The monoisotopic (exact) mass is 682 g/mol. The number of nitrogens with one attached hydrogen (secondary N) is 1. The van der Waals surface area contributed by atoms with Gasteiger partial charge in [0.05, 0.1) is 29.3 Å². The number of carboxylic acid groups (broad SMARTS) is 1. The van der Waals surface area contributed by atoms with Crippen LogP contribution in [0.1, 0.15) is 51.4 Å². The number of thioether (sulfide) groups is 1. The molecule has 0 spiro atoms. The molecule has 2 heterocycles. The summed E-state index contributed by atoms with van der Waals surface area (Å²) in [6, 6.07) is 34.6. The van der Waals surface area contributed by atoms with E-state index in [2.05, 4.69) is 9.71 Å². The van der Waals surface area contributed by atoms with E-state index in [0.29, 0.717) is 17.2 Å². The van der Waals surface area contributed by atoms with Crippen molar-refractivity contribution in [3.63, 3.8) is 0 Å². The van der Waals surface area contributed by atoms with Gasteiger partial charge in [-0.15, -0.1) is 11.8 Å². The van der Waals surface area contributed by atoms with E-state index < -0.39 is 22.3 Å². The summed E-state index contributed by atoms with van der Waals surface area (Å²) in [6.45, 7) is 0.102. The van der Waals surface area contributed by atoms with Crippen molar-refractivity contribution in [2.45, 2.75) is 48.0 Å². The summed E-state index contributed by atoms with van der Waals surface area (Å²) < 4.78 is 41.0. The van der Waals surface area contributed by atoms with Crippen LogP contribution in [0.15, 0.2) is 131 Å². The number of aromatic nitrogens is 1. The van der Waals surface area contributed by atoms with Gasteiger partial charge in [-0.1, -0.05) is 84.9 Å². The third kappa shape index (κ3) is 8.19. The fourth-order valence-corrected chi connectivity index (χ4v) is 7.46. The van der Waals surface area contributed by atoms with E-state index in [1.807, 2.05) is 72.8 Å². The molecule has 3 N–H and O–H groups in total. The standard InChI is InChI=1S/C37H34N2O7S2/c40-23-25-11-13-28(14-12-25)34-21-31(24-47-35-33(36(41)42)10-5-19-38-35)45-37(46-34)29-17-15-27(16-18-29)30-7-4-6-26(20-30)22-39-48(43,44)32-8-2-1-3-9-32/h1-20,31,34,37,39-40H,21-24H2,(H,41,42)/t31-,34+,37+/m0/s1. The summed E-state index contributed by atoms with van der Waals surface area (Å²) in [5.74, 6) is -0.557. The number of benzene rings is 4. The third-order valence-electron chi connectivity index (χ3n) is 7.99. The zero-order chi connectivity index (χ0) is 33.5. The van der Waals surface area contributed by atoms with Gasteiger partial charge in [-0.05, 0) is 58.1 Å². The Morgan fingerprint density at radius 3 is 2.31 bits per heavy atom. The highest BCUT2D eigenvalue weighted by molar-refractivity contribution is 7.99. The molecular weight excluding hydrogens is 649 g/mol. The van der Waals surface area contributed by atoms with Gasteiger partial charge in [-0.2, -0.15) is 0 Å². The first-order chi connectivity index (χ1) is 23.3. The van der Waals surface area contributed by atoms with E-state index in [1.165, 1.54) is 17.8 Å². The Morgan fingerprint density at radius 1 is 0.833 bits per heavy atom. The highest BCUT2D eigenvalue weighted by atomic mass is 32.2. The van der Waals surface area contributed by atoms with Gasteiger partial charge in [0.25, 0.3) is 0 Å². The Kier molecular flexibility index (Phi) is 10.7. The average Bonchev–Trinajstić information content (AvgIpc) is 3.13. The number of nitrogens with zero attached hydrogens (tertiary/aromatic N) is 1. The second-order valence-electron chi connectivity index (χ2n) is 11.3. The second kappa shape index (κ2) is 15.2. The number of hydrogen-bond acceptors (Lipinski definition) is 8. The maximum atomic E-state index is 12.7. The number of carbonyl (C=O) groups is 1. The molecule has 0 saturated carbocycles. The first kappa shape index (κ1) is 33.5. The van der Waals surface area contributed by atoms with Gasteiger partial charge in [0.1, 0.15) is 5.03 Å². The SMILES string of the molecule is O=C(O)c1cccnc1SC[C@@H]1C[C@H](c2ccc(CO)cc2)O[C@H](c2ccc(-c3cccc(CNS(=O)(=O)c4ccccc4)c3)cc2)O1. The summed E-state index contributed by atoms with van der Waals surface area (Å²) in [7, 11) is -3.63. The molecule has 5 aromatic rings. The number of ether oxygens (including phenoxy) is 2. The Bertz CT molecular complexity index is 1950. The quantitative estimate of drug-likeness (QED) is 0.122. The lowest BCUT2D eigenvalue weighted by molar-refractivity contribution is -0.245. The van der Waals surface area contributed by atoms with Crippen LogP contribution >= 0.6 is 11.8 Å². The van der Waals surface area contributed by atoms with Crippen LogP contribution in [0.5, 0.6) is 0 Å². The lowest BCUT2D eigenvalue weighted by atomic mass is 9.99. The van der Waals surface area contributed by atoms with Gasteiger partial charge in [-0.25, -0.2) is 22.9 Å². The van der Waals surface area contributed by atoms with E-state index in [0.717, 1.165) is 33.4 Å². The van der Waals surface area contributed by atoms with Gasteiger partial charge < -0.3 is 19.7 Å². The highest BCUT2D eigenvalue weighted by Gasteiger charge is 2.32. The summed E-state index contributed by atoms with van der Waals surface area (Å²) in [6.07, 6.45) is 0.892. The van der Waals surface area contributed by atoms with Gasteiger partial charge in [0.15, 0.2) is 6.29 Å². The minimum Gasteiger partial charge on any atom is -0.478 e. The van der Waals surface area contributed by atoms with Crippen LogP contribution < -0.4 is 4.72 Å². The smallest absolute Gasteiger partial charge is 0.338 e. The molecule has 1 aromatic heterocycles. The third-order valence-corrected chi connectivity index (χ3v) is 10.5. The highest BCUT2D eigenvalue weighted by Crippen LogP contribution is 2.40. The minimum atomic E-state index is -3.63. The molecular formula is C37H34N2O7S2. The van der Waals surface area contributed by atoms with Crippen LogP contribution in [0.2, 0.25) is 0 Å². The van der Waals surface area contributed by atoms with E-state index in [9.17, 15) is 23.4 Å². The molecule has 0 aliphatic carbocycles. The molecule has 11 heteroatoms. The fraction of sp³-hybridized carbons (Fsp3) is 0.189. The van der Waals surface area contributed by atoms with E-state index in [1.54, 1.807) is 42.6 Å². The number of sulfonamides is 1. The number of pyridine rings is 1. The van der Waals surface area contributed by atoms with E-state index in [-0.39, 0.29) is 35.8 Å². The van der Waals surface area contributed by atoms with E-state index in [4.69, 9.17) is 9.47 Å². The van der Waals surface area contributed by atoms with Crippen molar-refractivity contribution >= 4 is 27.8 Å². The molecule has 1 fully saturated rings. The summed E-state index contributed by atoms with van der Waals surface area (Å²) >= 11 is 1.34. The second-order valence-corrected chi connectivity index (χ2v) is 14.1. The Hall–Kier alpha value is -4.36. The molecule has 1 aliphatic heterocycles. The molecule has 3 atom stereocenters. The molecule has 246 valence electrons. The molecule has 1 aliphatic rings. The summed E-state index contributed by atoms with van der Waals surface area (Å²) in [4.78, 5) is 16.2. The van der Waals surface area contributed by atoms with Crippen LogP contribution in [0, 0.1) is 0 Å². The Labute approximate surface area is 283 Å². The molecule has 4 aromatic carbocycles. The molecule has 0 unspecified atom stereocenters. The number of aliphatic hydroxyl groups excluding tert-OH is 1. The summed E-state index contributed by atoms with van der Waals surface area (Å²) in [5, 5.41) is 19.5.